The second kappa shape index (κ2) is 9.29. The zero-order valence-corrected chi connectivity index (χ0v) is 17.8. The number of benzene rings is 2. The van der Waals surface area contributed by atoms with Crippen molar-refractivity contribution >= 4 is 17.0 Å². The Morgan fingerprint density at radius 1 is 1.00 bits per heavy atom. The topological polar surface area (TPSA) is 37.8 Å². The van der Waals surface area contributed by atoms with Gasteiger partial charge < -0.3 is 14.4 Å². The van der Waals surface area contributed by atoms with Crippen molar-refractivity contribution in [1.82, 2.24) is 9.88 Å². The van der Waals surface area contributed by atoms with Crippen LogP contribution in [0.1, 0.15) is 12.6 Å². The van der Waals surface area contributed by atoms with E-state index in [1.807, 2.05) is 31.2 Å². The molecule has 0 unspecified atom stereocenters. The predicted molar refractivity (Wildman–Crippen MR) is 119 cm³/mol. The normalized spacial score (nSPS) is 14.8. The van der Waals surface area contributed by atoms with Crippen molar-refractivity contribution in [2.45, 2.75) is 13.5 Å². The zero-order valence-electron chi connectivity index (χ0n) is 17.0. The number of piperazine rings is 1. The van der Waals surface area contributed by atoms with Crippen molar-refractivity contribution < 1.29 is 9.47 Å². The van der Waals surface area contributed by atoms with Crippen LogP contribution in [0.5, 0.6) is 11.5 Å². The summed E-state index contributed by atoms with van der Waals surface area (Å²) in [4.78, 5) is 9.74. The van der Waals surface area contributed by atoms with E-state index in [9.17, 15) is 0 Å². The van der Waals surface area contributed by atoms with E-state index in [1.54, 1.807) is 18.4 Å². The molecule has 0 saturated carbocycles. The Morgan fingerprint density at radius 3 is 2.48 bits per heavy atom. The molecular formula is C23H27N3O2S. The SMILES string of the molecule is CCOc1ccc(-c2nc(CN3CCN(c4ccccc4OC)CC3)cs2)cc1. The van der Waals surface area contributed by atoms with Gasteiger partial charge in [0.25, 0.3) is 0 Å². The minimum Gasteiger partial charge on any atom is -0.495 e. The van der Waals surface area contributed by atoms with Gasteiger partial charge in [-0.15, -0.1) is 11.3 Å². The van der Waals surface area contributed by atoms with Crippen molar-refractivity contribution in [3.8, 4) is 22.1 Å². The van der Waals surface area contributed by atoms with Crippen molar-refractivity contribution in [2.75, 3.05) is 44.8 Å². The Hall–Kier alpha value is -2.57. The third-order valence-electron chi connectivity index (χ3n) is 5.15. The number of nitrogens with zero attached hydrogens (tertiary/aromatic N) is 3. The molecule has 0 amide bonds. The Morgan fingerprint density at radius 2 is 1.76 bits per heavy atom. The third-order valence-corrected chi connectivity index (χ3v) is 6.09. The first kappa shape index (κ1) is 19.7. The molecule has 0 bridgehead atoms. The van der Waals surface area contributed by atoms with Crippen molar-refractivity contribution in [1.29, 1.82) is 0 Å². The minimum atomic E-state index is 0.686. The number of hydrogen-bond donors (Lipinski definition) is 0. The smallest absolute Gasteiger partial charge is 0.142 e. The molecule has 1 fully saturated rings. The summed E-state index contributed by atoms with van der Waals surface area (Å²) in [5.74, 6) is 1.85. The predicted octanol–water partition coefficient (Wildman–Crippen LogP) is 4.54. The van der Waals surface area contributed by atoms with Crippen LogP contribution in [0, 0.1) is 0 Å². The molecule has 4 rings (SSSR count). The molecule has 0 atom stereocenters. The van der Waals surface area contributed by atoms with E-state index < -0.39 is 0 Å². The molecule has 0 spiro atoms. The standard InChI is InChI=1S/C23H27N3O2S/c1-3-28-20-10-8-18(9-11-20)23-24-19(17-29-23)16-25-12-14-26(15-13-25)21-6-4-5-7-22(21)27-2/h4-11,17H,3,12-16H2,1-2H3. The Balaban J connectivity index is 1.34. The van der Waals surface area contributed by atoms with Gasteiger partial charge in [-0.3, -0.25) is 4.90 Å². The quantitative estimate of drug-likeness (QED) is 0.573. The number of ether oxygens (including phenoxy) is 2. The molecule has 1 saturated heterocycles. The maximum atomic E-state index is 5.52. The third kappa shape index (κ3) is 4.71. The van der Waals surface area contributed by atoms with Crippen LogP contribution < -0.4 is 14.4 Å². The van der Waals surface area contributed by atoms with E-state index in [2.05, 4.69) is 39.4 Å². The molecule has 6 heteroatoms. The molecule has 0 radical (unpaired) electrons. The highest BCUT2D eigenvalue weighted by Crippen LogP contribution is 2.29. The van der Waals surface area contributed by atoms with E-state index in [1.165, 1.54) is 5.69 Å². The van der Waals surface area contributed by atoms with Crippen LogP contribution in [0.15, 0.2) is 53.9 Å². The summed E-state index contributed by atoms with van der Waals surface area (Å²) < 4.78 is 11.0. The van der Waals surface area contributed by atoms with Gasteiger partial charge in [-0.1, -0.05) is 12.1 Å². The summed E-state index contributed by atoms with van der Waals surface area (Å²) in [6.07, 6.45) is 0. The Bertz CT molecular complexity index is 918. The first-order valence-corrected chi connectivity index (χ1v) is 10.9. The molecule has 3 aromatic rings. The molecule has 5 nitrogen and oxygen atoms in total. The largest absolute Gasteiger partial charge is 0.495 e. The Kier molecular flexibility index (Phi) is 6.32. The summed E-state index contributed by atoms with van der Waals surface area (Å²) >= 11 is 1.71. The molecule has 1 aliphatic heterocycles. The van der Waals surface area contributed by atoms with E-state index in [-0.39, 0.29) is 0 Å². The van der Waals surface area contributed by atoms with E-state index in [0.717, 1.165) is 60.5 Å². The molecule has 29 heavy (non-hydrogen) atoms. The van der Waals surface area contributed by atoms with Crippen molar-refractivity contribution in [2.24, 2.45) is 0 Å². The number of hydrogen-bond acceptors (Lipinski definition) is 6. The lowest BCUT2D eigenvalue weighted by atomic mass is 10.2. The van der Waals surface area contributed by atoms with Gasteiger partial charge in [0.15, 0.2) is 0 Å². The van der Waals surface area contributed by atoms with Crippen LogP contribution in [0.25, 0.3) is 10.6 Å². The lowest BCUT2D eigenvalue weighted by Crippen LogP contribution is -2.46. The van der Waals surface area contributed by atoms with E-state index in [0.29, 0.717) is 6.61 Å². The monoisotopic (exact) mass is 409 g/mol. The van der Waals surface area contributed by atoms with Gasteiger partial charge in [0, 0.05) is 43.7 Å². The number of rotatable bonds is 7. The first-order valence-electron chi connectivity index (χ1n) is 10.0. The number of aromatic nitrogens is 1. The molecule has 0 N–H and O–H groups in total. The number of anilines is 1. The fraction of sp³-hybridized carbons (Fsp3) is 0.348. The van der Waals surface area contributed by atoms with E-state index >= 15 is 0 Å². The fourth-order valence-corrected chi connectivity index (χ4v) is 4.46. The highest BCUT2D eigenvalue weighted by molar-refractivity contribution is 7.13. The fourth-order valence-electron chi connectivity index (χ4n) is 3.64. The van der Waals surface area contributed by atoms with Crippen LogP contribution in [-0.4, -0.2) is 49.8 Å². The number of methoxy groups -OCH3 is 1. The van der Waals surface area contributed by atoms with Gasteiger partial charge in [0.05, 0.1) is 25.1 Å². The van der Waals surface area contributed by atoms with Gasteiger partial charge >= 0.3 is 0 Å². The molecule has 2 heterocycles. The Labute approximate surface area is 176 Å². The van der Waals surface area contributed by atoms with Crippen molar-refractivity contribution in [3.05, 3.63) is 59.6 Å². The molecule has 2 aromatic carbocycles. The maximum Gasteiger partial charge on any atom is 0.142 e. The minimum absolute atomic E-state index is 0.686. The summed E-state index contributed by atoms with van der Waals surface area (Å²) in [6, 6.07) is 16.4. The van der Waals surface area contributed by atoms with Gasteiger partial charge in [-0.05, 0) is 43.3 Å². The average molecular weight is 410 g/mol. The van der Waals surface area contributed by atoms with E-state index in [4.69, 9.17) is 14.5 Å². The van der Waals surface area contributed by atoms with Crippen LogP contribution >= 0.6 is 11.3 Å². The second-order valence-electron chi connectivity index (χ2n) is 7.04. The van der Waals surface area contributed by atoms with Gasteiger partial charge in [0.2, 0.25) is 0 Å². The van der Waals surface area contributed by atoms with Crippen LogP contribution in [0.2, 0.25) is 0 Å². The average Bonchev–Trinajstić information content (AvgIpc) is 3.23. The van der Waals surface area contributed by atoms with Gasteiger partial charge in [-0.2, -0.15) is 0 Å². The lowest BCUT2D eigenvalue weighted by molar-refractivity contribution is 0.247. The highest BCUT2D eigenvalue weighted by atomic mass is 32.1. The maximum absolute atomic E-state index is 5.52. The number of thiazole rings is 1. The molecule has 152 valence electrons. The van der Waals surface area contributed by atoms with Crippen LogP contribution in [0.3, 0.4) is 0 Å². The van der Waals surface area contributed by atoms with Crippen LogP contribution in [-0.2, 0) is 6.54 Å². The lowest BCUT2D eigenvalue weighted by Gasteiger charge is -2.36. The van der Waals surface area contributed by atoms with Crippen molar-refractivity contribution in [3.63, 3.8) is 0 Å². The first-order chi connectivity index (χ1) is 14.3. The summed E-state index contributed by atoms with van der Waals surface area (Å²) in [5, 5.41) is 3.24. The zero-order chi connectivity index (χ0) is 20.1. The summed E-state index contributed by atoms with van der Waals surface area (Å²) in [6.45, 7) is 7.62. The molecule has 0 aliphatic carbocycles. The van der Waals surface area contributed by atoms with Crippen LogP contribution in [0.4, 0.5) is 5.69 Å². The van der Waals surface area contributed by atoms with Gasteiger partial charge in [0.1, 0.15) is 16.5 Å². The molecular weight excluding hydrogens is 382 g/mol. The number of para-hydroxylation sites is 2. The summed E-state index contributed by atoms with van der Waals surface area (Å²) in [7, 11) is 1.74. The molecule has 1 aliphatic rings. The highest BCUT2D eigenvalue weighted by Gasteiger charge is 2.20. The second-order valence-corrected chi connectivity index (χ2v) is 7.89. The summed E-state index contributed by atoms with van der Waals surface area (Å²) in [5.41, 5.74) is 3.47. The molecule has 1 aromatic heterocycles. The van der Waals surface area contributed by atoms with Gasteiger partial charge in [-0.25, -0.2) is 4.98 Å².